The van der Waals surface area contributed by atoms with Gasteiger partial charge in [-0.25, -0.2) is 4.79 Å². The number of aliphatic carboxylic acids is 1. The maximum atomic E-state index is 14.4. The standard InChI is InChI=1S/C46H45N5O7/c52-41-24-25-42(53)48-37(26-30-10-4-1-5-11-30)43(54)49-39(28-32-16-20-35(21-17-32)34-14-8-3-9-15-34)44(55)50-38(27-31-12-6-2-7-13-31)45(56)51-40(46(57)58)29-33-18-22-36(47-41)23-19-33/h1-23,37-40H,24-29H2,(H,47,52)(H,48,53)(H,49,54)(H,50,55)(H,51,56)(H,57,58). The fourth-order valence-corrected chi connectivity index (χ4v) is 6.72. The number of hydrogen-bond donors (Lipinski definition) is 6. The van der Waals surface area contributed by atoms with Crippen molar-refractivity contribution in [3.8, 4) is 11.1 Å². The summed E-state index contributed by atoms with van der Waals surface area (Å²) < 4.78 is 0. The van der Waals surface area contributed by atoms with E-state index in [0.29, 0.717) is 22.4 Å². The summed E-state index contributed by atoms with van der Waals surface area (Å²) in [5.74, 6) is -4.32. The first-order chi connectivity index (χ1) is 28.1. The molecule has 4 unspecified atom stereocenters. The van der Waals surface area contributed by atoms with Crippen LogP contribution in [0.1, 0.15) is 35.1 Å². The van der Waals surface area contributed by atoms with Crippen LogP contribution < -0.4 is 26.6 Å². The molecule has 2 heterocycles. The molecule has 2 aliphatic rings. The van der Waals surface area contributed by atoms with Gasteiger partial charge >= 0.3 is 5.97 Å². The maximum Gasteiger partial charge on any atom is 0.326 e. The molecule has 7 rings (SSSR count). The van der Waals surface area contributed by atoms with E-state index >= 15 is 0 Å². The normalized spacial score (nSPS) is 19.7. The average Bonchev–Trinajstić information content (AvgIpc) is 3.23. The van der Waals surface area contributed by atoms with Gasteiger partial charge in [0.15, 0.2) is 0 Å². The molecule has 0 radical (unpaired) electrons. The van der Waals surface area contributed by atoms with Crippen LogP contribution in [0.15, 0.2) is 140 Å². The molecule has 2 aliphatic heterocycles. The van der Waals surface area contributed by atoms with Crippen LogP contribution in [0.25, 0.3) is 11.1 Å². The molecule has 0 spiro atoms. The third-order valence-electron chi connectivity index (χ3n) is 9.86. The number of carbonyl (C=O) groups excluding carboxylic acids is 5. The lowest BCUT2D eigenvalue weighted by Crippen LogP contribution is -2.59. The summed E-state index contributed by atoms with van der Waals surface area (Å²) in [6.07, 6.45) is -0.332. The number of carbonyl (C=O) groups is 6. The van der Waals surface area contributed by atoms with E-state index in [-0.39, 0.29) is 38.5 Å². The highest BCUT2D eigenvalue weighted by atomic mass is 16.4. The third-order valence-corrected chi connectivity index (χ3v) is 9.86. The van der Waals surface area contributed by atoms with Gasteiger partial charge in [0.1, 0.15) is 24.2 Å². The number of carboxylic acid groups (broad SMARTS) is 1. The SMILES string of the molecule is O=C1CCC(=O)NC(Cc2ccccc2)C(=O)NC(Cc2ccc(-c3ccccc3)cc2)C(=O)NC(Cc2ccccc2)C(=O)NC(C(=O)O)Cc2ccc(cc2)N1. The molecule has 0 saturated heterocycles. The van der Waals surface area contributed by atoms with Crippen molar-refractivity contribution in [2.24, 2.45) is 0 Å². The monoisotopic (exact) mass is 779 g/mol. The van der Waals surface area contributed by atoms with Crippen LogP contribution in [0.2, 0.25) is 0 Å². The molecule has 58 heavy (non-hydrogen) atoms. The molecule has 0 aromatic heterocycles. The van der Waals surface area contributed by atoms with Gasteiger partial charge in [-0.1, -0.05) is 127 Å². The number of hydrogen-bond acceptors (Lipinski definition) is 6. The van der Waals surface area contributed by atoms with Crippen LogP contribution in [0, 0.1) is 0 Å². The second kappa shape index (κ2) is 19.7. The van der Waals surface area contributed by atoms with E-state index in [2.05, 4.69) is 26.6 Å². The van der Waals surface area contributed by atoms with Crippen LogP contribution in [0.3, 0.4) is 0 Å². The maximum absolute atomic E-state index is 14.4. The Morgan fingerprint density at radius 3 is 1.43 bits per heavy atom. The third kappa shape index (κ3) is 11.7. The number of benzene rings is 5. The summed E-state index contributed by atoms with van der Waals surface area (Å²) >= 11 is 0. The van der Waals surface area contributed by atoms with Crippen LogP contribution >= 0.6 is 0 Å². The van der Waals surface area contributed by atoms with Gasteiger partial charge in [-0.15, -0.1) is 0 Å². The number of anilines is 1. The Bertz CT molecular complexity index is 2200. The highest BCUT2D eigenvalue weighted by Crippen LogP contribution is 2.20. The second-order valence-electron chi connectivity index (χ2n) is 14.2. The molecule has 12 nitrogen and oxygen atoms in total. The molecule has 5 amide bonds. The number of carboxylic acids is 1. The molecular formula is C46H45N5O7. The van der Waals surface area contributed by atoms with Gasteiger partial charge in [0.05, 0.1) is 0 Å². The minimum atomic E-state index is -1.35. The highest BCUT2D eigenvalue weighted by molar-refractivity contribution is 5.97. The van der Waals surface area contributed by atoms with Crippen molar-refractivity contribution >= 4 is 41.2 Å². The first kappa shape index (κ1) is 40.6. The van der Waals surface area contributed by atoms with Gasteiger partial charge in [-0.2, -0.15) is 0 Å². The van der Waals surface area contributed by atoms with E-state index in [0.717, 1.165) is 16.7 Å². The molecule has 4 atom stereocenters. The van der Waals surface area contributed by atoms with E-state index in [1.165, 1.54) is 0 Å². The van der Waals surface area contributed by atoms with E-state index in [4.69, 9.17) is 0 Å². The fourth-order valence-electron chi connectivity index (χ4n) is 6.72. The zero-order chi connectivity index (χ0) is 40.9. The second-order valence-corrected chi connectivity index (χ2v) is 14.2. The van der Waals surface area contributed by atoms with Crippen molar-refractivity contribution in [2.75, 3.05) is 5.32 Å². The first-order valence-electron chi connectivity index (χ1n) is 19.1. The zero-order valence-corrected chi connectivity index (χ0v) is 31.7. The average molecular weight is 780 g/mol. The van der Waals surface area contributed by atoms with Gasteiger partial charge in [-0.05, 0) is 45.5 Å². The largest absolute Gasteiger partial charge is 0.480 e. The van der Waals surface area contributed by atoms with Gasteiger partial charge in [0, 0.05) is 44.2 Å². The molecular weight excluding hydrogens is 735 g/mol. The molecule has 12 heteroatoms. The molecule has 5 aromatic carbocycles. The zero-order valence-electron chi connectivity index (χ0n) is 31.7. The van der Waals surface area contributed by atoms with Gasteiger partial charge in [0.25, 0.3) is 0 Å². The van der Waals surface area contributed by atoms with Crippen molar-refractivity contribution in [2.45, 2.75) is 62.7 Å². The van der Waals surface area contributed by atoms with Crippen LogP contribution in [0.5, 0.6) is 0 Å². The van der Waals surface area contributed by atoms with Crippen LogP contribution in [-0.4, -0.2) is 64.8 Å². The van der Waals surface area contributed by atoms with Gasteiger partial charge < -0.3 is 31.7 Å². The summed E-state index contributed by atoms with van der Waals surface area (Å²) in [6, 6.07) is 36.9. The summed E-state index contributed by atoms with van der Waals surface area (Å²) in [5.41, 5.74) is 5.13. The number of rotatable bonds is 8. The van der Waals surface area contributed by atoms with Crippen molar-refractivity contribution in [3.63, 3.8) is 0 Å². The summed E-state index contributed by atoms with van der Waals surface area (Å²) in [4.78, 5) is 81.2. The Balaban J connectivity index is 1.35. The smallest absolute Gasteiger partial charge is 0.326 e. The molecule has 2 bridgehead atoms. The molecule has 0 aliphatic carbocycles. The van der Waals surface area contributed by atoms with Crippen molar-refractivity contribution in [1.82, 2.24) is 21.3 Å². The predicted octanol–water partition coefficient (Wildman–Crippen LogP) is 4.38. The Hall–Kier alpha value is -7.08. The fraction of sp³-hybridized carbons (Fsp3) is 0.217. The lowest BCUT2D eigenvalue weighted by molar-refractivity contribution is -0.142. The highest BCUT2D eigenvalue weighted by Gasteiger charge is 2.32. The van der Waals surface area contributed by atoms with E-state index in [9.17, 15) is 33.9 Å². The lowest BCUT2D eigenvalue weighted by atomic mass is 9.98. The quantitative estimate of drug-likeness (QED) is 0.126. The Morgan fingerprint density at radius 1 is 0.483 bits per heavy atom. The Morgan fingerprint density at radius 2 is 0.914 bits per heavy atom. The number of nitrogens with one attached hydrogen (secondary N) is 5. The van der Waals surface area contributed by atoms with Gasteiger partial charge in [-0.3, -0.25) is 24.0 Å². The van der Waals surface area contributed by atoms with Crippen molar-refractivity contribution in [3.05, 3.63) is 162 Å². The Kier molecular flexibility index (Phi) is 13.8. The first-order valence-corrected chi connectivity index (χ1v) is 19.1. The van der Waals surface area contributed by atoms with E-state index < -0.39 is 59.7 Å². The molecule has 0 saturated carbocycles. The molecule has 6 N–H and O–H groups in total. The van der Waals surface area contributed by atoms with Crippen LogP contribution in [-0.2, 0) is 54.5 Å². The number of amides is 5. The summed E-state index contributed by atoms with van der Waals surface area (Å²) in [5, 5.41) is 23.9. The van der Waals surface area contributed by atoms with Crippen molar-refractivity contribution < 1.29 is 33.9 Å². The van der Waals surface area contributed by atoms with Crippen molar-refractivity contribution in [1.29, 1.82) is 0 Å². The molecule has 0 fully saturated rings. The Labute approximate surface area is 336 Å². The topological polar surface area (TPSA) is 183 Å². The minimum Gasteiger partial charge on any atom is -0.480 e. The predicted molar refractivity (Wildman–Crippen MR) is 219 cm³/mol. The molecule has 296 valence electrons. The van der Waals surface area contributed by atoms with E-state index in [1.807, 2.05) is 91.0 Å². The molecule has 5 aromatic rings. The summed E-state index contributed by atoms with van der Waals surface area (Å²) in [7, 11) is 0. The lowest BCUT2D eigenvalue weighted by Gasteiger charge is -2.26. The van der Waals surface area contributed by atoms with Gasteiger partial charge in [0.2, 0.25) is 29.5 Å². The van der Waals surface area contributed by atoms with E-state index in [1.54, 1.807) is 48.5 Å². The summed E-state index contributed by atoms with van der Waals surface area (Å²) in [6.45, 7) is 0. The number of fused-ring (bicyclic) bond motifs is 18. The van der Waals surface area contributed by atoms with Crippen LogP contribution in [0.4, 0.5) is 5.69 Å². The minimum absolute atomic E-state index is 0.0199.